The molecule has 3 amide bonds. The van der Waals surface area contributed by atoms with Crippen molar-refractivity contribution in [1.82, 2.24) is 15.1 Å². The summed E-state index contributed by atoms with van der Waals surface area (Å²) in [5.74, 6) is 1.25. The van der Waals surface area contributed by atoms with E-state index < -0.39 is 11.7 Å². The van der Waals surface area contributed by atoms with E-state index in [0.717, 1.165) is 25.9 Å². The van der Waals surface area contributed by atoms with Crippen LogP contribution in [0, 0.1) is 11.8 Å². The van der Waals surface area contributed by atoms with Gasteiger partial charge in [-0.2, -0.15) is 0 Å². The zero-order chi connectivity index (χ0) is 23.8. The van der Waals surface area contributed by atoms with Crippen molar-refractivity contribution in [1.29, 1.82) is 0 Å². The summed E-state index contributed by atoms with van der Waals surface area (Å²) in [6, 6.07) is 0.215. The molecular weight excluding hydrogens is 396 g/mol. The van der Waals surface area contributed by atoms with Crippen LogP contribution in [0.2, 0.25) is 0 Å². The fraction of sp³-hybridized carbons (Fsp3) is 0.870. The third kappa shape index (κ3) is 11.4. The maximum Gasteiger partial charge on any atom is 0.407 e. The van der Waals surface area contributed by atoms with Crippen molar-refractivity contribution < 1.29 is 19.1 Å². The third-order valence-corrected chi connectivity index (χ3v) is 5.00. The molecule has 2 rings (SSSR count). The average molecular weight is 441 g/mol. The molecule has 0 radical (unpaired) electrons. The predicted octanol–water partition coefficient (Wildman–Crippen LogP) is 2.75. The van der Waals surface area contributed by atoms with Gasteiger partial charge in [0.25, 0.3) is 0 Å². The summed E-state index contributed by atoms with van der Waals surface area (Å²) in [6.07, 6.45) is 2.58. The molecule has 0 aliphatic carbocycles. The molecule has 0 aromatic heterocycles. The van der Waals surface area contributed by atoms with Crippen molar-refractivity contribution in [2.75, 3.05) is 26.2 Å². The number of nitrogens with one attached hydrogen (secondary N) is 1. The van der Waals surface area contributed by atoms with Gasteiger partial charge < -0.3 is 25.6 Å². The standard InChI is InChI=1S/C14H26N2O3.C9H18N2O/c1-10(2)8-12(17)16-7-6-11(9-16)15-13(18)19-14(3,4)5;1-7(2)5-9(12)11-4-3-8(10)6-11/h10-11H,6-9H2,1-5H3,(H,15,18);7-8H,3-6,10H2,1-2H3. The molecule has 2 heterocycles. The largest absolute Gasteiger partial charge is 0.444 e. The van der Waals surface area contributed by atoms with Crippen LogP contribution in [0.1, 0.15) is 74.1 Å². The maximum atomic E-state index is 11.9. The summed E-state index contributed by atoms with van der Waals surface area (Å²) in [5.41, 5.74) is 5.21. The molecular formula is C23H44N4O4. The molecule has 31 heavy (non-hydrogen) atoms. The lowest BCUT2D eigenvalue weighted by Gasteiger charge is -2.22. The lowest BCUT2D eigenvalue weighted by molar-refractivity contribution is -0.131. The van der Waals surface area contributed by atoms with E-state index in [1.165, 1.54) is 0 Å². The van der Waals surface area contributed by atoms with Crippen molar-refractivity contribution >= 4 is 17.9 Å². The summed E-state index contributed by atoms with van der Waals surface area (Å²) in [7, 11) is 0. The van der Waals surface area contributed by atoms with E-state index in [2.05, 4.69) is 19.2 Å². The van der Waals surface area contributed by atoms with E-state index in [9.17, 15) is 14.4 Å². The first-order chi connectivity index (χ1) is 14.3. The van der Waals surface area contributed by atoms with Crippen molar-refractivity contribution in [3.8, 4) is 0 Å². The number of nitrogens with two attached hydrogens (primary N) is 1. The monoisotopic (exact) mass is 440 g/mol. The first-order valence-electron chi connectivity index (χ1n) is 11.6. The Kier molecular flexibility index (Phi) is 10.8. The van der Waals surface area contributed by atoms with Crippen molar-refractivity contribution in [3.63, 3.8) is 0 Å². The Balaban J connectivity index is 0.000000343. The number of carbonyl (C=O) groups excluding carboxylic acids is 3. The van der Waals surface area contributed by atoms with Gasteiger partial charge in [0, 0.05) is 45.1 Å². The molecule has 0 bridgehead atoms. The molecule has 0 spiro atoms. The molecule has 2 fully saturated rings. The molecule has 2 atom stereocenters. The number of alkyl carbamates (subject to hydrolysis) is 1. The summed E-state index contributed by atoms with van der Waals surface area (Å²) < 4.78 is 5.21. The number of hydrogen-bond donors (Lipinski definition) is 2. The zero-order valence-electron chi connectivity index (χ0n) is 20.6. The molecule has 2 unspecified atom stereocenters. The van der Waals surface area contributed by atoms with Crippen molar-refractivity contribution in [2.45, 2.75) is 91.8 Å². The van der Waals surface area contributed by atoms with Crippen LogP contribution in [-0.2, 0) is 14.3 Å². The first kappa shape index (κ1) is 27.2. The van der Waals surface area contributed by atoms with E-state index in [1.807, 2.05) is 44.4 Å². The summed E-state index contributed by atoms with van der Waals surface area (Å²) >= 11 is 0. The smallest absolute Gasteiger partial charge is 0.407 e. The molecule has 0 saturated carbocycles. The van der Waals surface area contributed by atoms with Gasteiger partial charge in [0.15, 0.2) is 0 Å². The summed E-state index contributed by atoms with van der Waals surface area (Å²) in [5, 5.41) is 2.82. The Labute approximate surface area is 188 Å². The number of likely N-dealkylation sites (tertiary alicyclic amines) is 2. The lowest BCUT2D eigenvalue weighted by atomic mass is 10.1. The topological polar surface area (TPSA) is 105 Å². The minimum atomic E-state index is -0.490. The van der Waals surface area contributed by atoms with E-state index in [0.29, 0.717) is 37.8 Å². The minimum absolute atomic E-state index is 0.00552. The zero-order valence-corrected chi connectivity index (χ0v) is 20.6. The Bertz CT molecular complexity index is 601. The first-order valence-corrected chi connectivity index (χ1v) is 11.6. The fourth-order valence-corrected chi connectivity index (χ4v) is 3.55. The van der Waals surface area contributed by atoms with Crippen LogP contribution in [0.3, 0.4) is 0 Å². The number of hydrogen-bond acceptors (Lipinski definition) is 5. The van der Waals surface area contributed by atoms with Crippen molar-refractivity contribution in [2.24, 2.45) is 17.6 Å². The Morgan fingerprint density at radius 3 is 1.84 bits per heavy atom. The highest BCUT2D eigenvalue weighted by molar-refractivity contribution is 5.77. The van der Waals surface area contributed by atoms with Gasteiger partial charge in [0.1, 0.15) is 5.60 Å². The van der Waals surface area contributed by atoms with Crippen LogP contribution in [0.25, 0.3) is 0 Å². The number of rotatable bonds is 5. The lowest BCUT2D eigenvalue weighted by Crippen LogP contribution is -2.41. The van der Waals surface area contributed by atoms with Gasteiger partial charge in [0.05, 0.1) is 6.04 Å². The second-order valence-electron chi connectivity index (χ2n) is 10.6. The van der Waals surface area contributed by atoms with E-state index in [1.54, 1.807) is 0 Å². The van der Waals surface area contributed by atoms with Crippen LogP contribution in [0.4, 0.5) is 4.79 Å². The van der Waals surface area contributed by atoms with Crippen LogP contribution >= 0.6 is 0 Å². The Morgan fingerprint density at radius 1 is 0.935 bits per heavy atom. The highest BCUT2D eigenvalue weighted by Gasteiger charge is 2.29. The molecule has 8 nitrogen and oxygen atoms in total. The highest BCUT2D eigenvalue weighted by atomic mass is 16.6. The van der Waals surface area contributed by atoms with Gasteiger partial charge in [-0.15, -0.1) is 0 Å². The molecule has 2 aliphatic heterocycles. The summed E-state index contributed by atoms with van der Waals surface area (Å²) in [6.45, 7) is 16.6. The van der Waals surface area contributed by atoms with Crippen molar-refractivity contribution in [3.05, 3.63) is 0 Å². The predicted molar refractivity (Wildman–Crippen MR) is 122 cm³/mol. The van der Waals surface area contributed by atoms with E-state index >= 15 is 0 Å². The van der Waals surface area contributed by atoms with E-state index in [4.69, 9.17) is 10.5 Å². The van der Waals surface area contributed by atoms with Gasteiger partial charge >= 0.3 is 6.09 Å². The fourth-order valence-electron chi connectivity index (χ4n) is 3.55. The molecule has 3 N–H and O–H groups in total. The number of nitrogens with zero attached hydrogens (tertiary/aromatic N) is 2. The molecule has 2 aliphatic rings. The van der Waals surface area contributed by atoms with Crippen LogP contribution in [0.15, 0.2) is 0 Å². The molecule has 2 saturated heterocycles. The van der Waals surface area contributed by atoms with Crippen LogP contribution in [0.5, 0.6) is 0 Å². The van der Waals surface area contributed by atoms with Crippen LogP contribution in [-0.4, -0.2) is 71.6 Å². The van der Waals surface area contributed by atoms with Crippen LogP contribution < -0.4 is 11.1 Å². The quantitative estimate of drug-likeness (QED) is 0.684. The SMILES string of the molecule is CC(C)CC(=O)N1CCC(N)C1.CC(C)CC(=O)N1CCC(NC(=O)OC(C)(C)C)C1. The Hall–Kier alpha value is -1.83. The van der Waals surface area contributed by atoms with E-state index in [-0.39, 0.29) is 23.9 Å². The molecule has 8 heteroatoms. The normalized spacial score (nSPS) is 21.2. The minimum Gasteiger partial charge on any atom is -0.444 e. The van der Waals surface area contributed by atoms with Gasteiger partial charge in [-0.05, 0) is 45.4 Å². The second kappa shape index (κ2) is 12.3. The van der Waals surface area contributed by atoms with Gasteiger partial charge in [-0.3, -0.25) is 9.59 Å². The highest BCUT2D eigenvalue weighted by Crippen LogP contribution is 2.14. The Morgan fingerprint density at radius 2 is 1.42 bits per heavy atom. The number of amides is 3. The maximum absolute atomic E-state index is 11.9. The second-order valence-corrected chi connectivity index (χ2v) is 10.6. The van der Waals surface area contributed by atoms with Gasteiger partial charge in [-0.25, -0.2) is 4.79 Å². The summed E-state index contributed by atoms with van der Waals surface area (Å²) in [4.78, 5) is 38.7. The number of carbonyl (C=O) groups is 3. The molecule has 180 valence electrons. The number of ether oxygens (including phenoxy) is 1. The van der Waals surface area contributed by atoms with Gasteiger partial charge in [0.2, 0.25) is 11.8 Å². The third-order valence-electron chi connectivity index (χ3n) is 5.00. The van der Waals surface area contributed by atoms with Gasteiger partial charge in [-0.1, -0.05) is 27.7 Å². The molecule has 0 aromatic carbocycles. The average Bonchev–Trinajstić information content (AvgIpc) is 3.21. The molecule has 0 aromatic rings.